The zero-order valence-corrected chi connectivity index (χ0v) is 12.6. The van der Waals surface area contributed by atoms with E-state index in [4.69, 9.17) is 0 Å². The largest absolute Gasteiger partial charge is 0.340 e. The predicted octanol–water partition coefficient (Wildman–Crippen LogP) is 3.86. The monoisotopic (exact) mass is 300 g/mol. The van der Waals surface area contributed by atoms with Crippen LogP contribution in [0.25, 0.3) is 11.1 Å². The number of nitrogens with one attached hydrogen (secondary N) is 1. The van der Waals surface area contributed by atoms with E-state index in [1.54, 1.807) is 6.33 Å². The van der Waals surface area contributed by atoms with Crippen LogP contribution < -0.4 is 5.32 Å². The summed E-state index contributed by atoms with van der Waals surface area (Å²) in [6, 6.07) is 18.7. The highest BCUT2D eigenvalue weighted by atomic mass is 15.0. The fourth-order valence-electron chi connectivity index (χ4n) is 2.76. The standard InChI is InChI=1S/C19H16N4/c1-2-5-14(6-3-1)15-7-4-8-16(11-15)23-19-17-9-10-20-12-18(17)21-13-22-19/h1-8,11-13H,9-10H2,(H,21,22,23). The lowest BCUT2D eigenvalue weighted by atomic mass is 10.0. The quantitative estimate of drug-likeness (QED) is 0.799. The van der Waals surface area contributed by atoms with Crippen LogP contribution >= 0.6 is 0 Å². The summed E-state index contributed by atoms with van der Waals surface area (Å²) in [7, 11) is 0. The van der Waals surface area contributed by atoms with Gasteiger partial charge in [-0.3, -0.25) is 4.99 Å². The smallest absolute Gasteiger partial charge is 0.137 e. The van der Waals surface area contributed by atoms with E-state index in [-0.39, 0.29) is 0 Å². The second-order valence-corrected chi connectivity index (χ2v) is 5.44. The Balaban J connectivity index is 1.67. The van der Waals surface area contributed by atoms with Gasteiger partial charge in [-0.1, -0.05) is 42.5 Å². The number of anilines is 2. The van der Waals surface area contributed by atoms with Crippen LogP contribution in [-0.2, 0) is 6.42 Å². The number of aromatic nitrogens is 2. The molecule has 0 unspecified atom stereocenters. The molecule has 3 aromatic rings. The van der Waals surface area contributed by atoms with Crippen molar-refractivity contribution in [1.82, 2.24) is 9.97 Å². The van der Waals surface area contributed by atoms with Crippen molar-refractivity contribution < 1.29 is 0 Å². The molecule has 1 aliphatic rings. The molecule has 0 saturated carbocycles. The summed E-state index contributed by atoms with van der Waals surface area (Å²) in [5.74, 6) is 0.867. The number of nitrogens with zero attached hydrogens (tertiary/aromatic N) is 3. The van der Waals surface area contributed by atoms with Gasteiger partial charge in [-0.05, 0) is 29.7 Å². The van der Waals surface area contributed by atoms with Crippen LogP contribution in [0.15, 0.2) is 65.9 Å². The van der Waals surface area contributed by atoms with Gasteiger partial charge in [0.1, 0.15) is 12.1 Å². The molecule has 0 atom stereocenters. The Hall–Kier alpha value is -3.01. The van der Waals surface area contributed by atoms with Gasteiger partial charge in [0.05, 0.1) is 5.69 Å². The van der Waals surface area contributed by atoms with Gasteiger partial charge in [-0.15, -0.1) is 0 Å². The van der Waals surface area contributed by atoms with E-state index in [2.05, 4.69) is 68.8 Å². The fourth-order valence-corrected chi connectivity index (χ4v) is 2.76. The minimum atomic E-state index is 0.791. The molecule has 112 valence electrons. The van der Waals surface area contributed by atoms with E-state index >= 15 is 0 Å². The Morgan fingerprint density at radius 1 is 0.870 bits per heavy atom. The van der Waals surface area contributed by atoms with E-state index in [1.807, 2.05) is 12.3 Å². The van der Waals surface area contributed by atoms with Gasteiger partial charge in [-0.25, -0.2) is 9.97 Å². The molecule has 0 amide bonds. The minimum Gasteiger partial charge on any atom is -0.340 e. The summed E-state index contributed by atoms with van der Waals surface area (Å²) in [4.78, 5) is 13.0. The number of benzene rings is 2. The van der Waals surface area contributed by atoms with E-state index < -0.39 is 0 Å². The first-order valence-corrected chi connectivity index (χ1v) is 7.66. The molecule has 0 saturated heterocycles. The second kappa shape index (κ2) is 6.01. The van der Waals surface area contributed by atoms with E-state index in [9.17, 15) is 0 Å². The molecule has 1 aromatic heterocycles. The molecule has 2 heterocycles. The van der Waals surface area contributed by atoms with Crippen LogP contribution in [-0.4, -0.2) is 22.7 Å². The summed E-state index contributed by atoms with van der Waals surface area (Å²) < 4.78 is 0. The van der Waals surface area contributed by atoms with Gasteiger partial charge in [0.2, 0.25) is 0 Å². The lowest BCUT2D eigenvalue weighted by Crippen LogP contribution is -2.10. The Labute approximate surface area is 135 Å². The molecule has 4 nitrogen and oxygen atoms in total. The van der Waals surface area contributed by atoms with Gasteiger partial charge in [-0.2, -0.15) is 0 Å². The van der Waals surface area contributed by atoms with Crippen molar-refractivity contribution >= 4 is 17.7 Å². The average molecular weight is 300 g/mol. The lowest BCUT2D eigenvalue weighted by molar-refractivity contribution is 0.920. The van der Waals surface area contributed by atoms with Crippen LogP contribution in [0.1, 0.15) is 11.3 Å². The number of hydrogen-bond acceptors (Lipinski definition) is 4. The first-order valence-electron chi connectivity index (χ1n) is 7.66. The highest BCUT2D eigenvalue weighted by Crippen LogP contribution is 2.26. The second-order valence-electron chi connectivity index (χ2n) is 5.44. The highest BCUT2D eigenvalue weighted by molar-refractivity contribution is 5.83. The molecule has 1 aliphatic heterocycles. The molecule has 0 fully saturated rings. The summed E-state index contributed by atoms with van der Waals surface area (Å²) in [6.07, 6.45) is 4.28. The Bertz CT molecular complexity index is 856. The minimum absolute atomic E-state index is 0.791. The third-order valence-electron chi connectivity index (χ3n) is 3.92. The lowest BCUT2D eigenvalue weighted by Gasteiger charge is -2.15. The van der Waals surface area contributed by atoms with Gasteiger partial charge in [0.25, 0.3) is 0 Å². The molecule has 4 heteroatoms. The van der Waals surface area contributed by atoms with Crippen molar-refractivity contribution in [1.29, 1.82) is 0 Å². The number of aliphatic imine (C=N–C) groups is 1. The third kappa shape index (κ3) is 2.83. The van der Waals surface area contributed by atoms with Crippen molar-refractivity contribution in [3.8, 4) is 11.1 Å². The molecule has 1 N–H and O–H groups in total. The van der Waals surface area contributed by atoms with Gasteiger partial charge >= 0.3 is 0 Å². The zero-order valence-electron chi connectivity index (χ0n) is 12.6. The average Bonchev–Trinajstić information content (AvgIpc) is 2.63. The maximum atomic E-state index is 4.41. The fraction of sp³-hybridized carbons (Fsp3) is 0.105. The number of rotatable bonds is 3. The highest BCUT2D eigenvalue weighted by Gasteiger charge is 2.13. The van der Waals surface area contributed by atoms with E-state index in [1.165, 1.54) is 11.1 Å². The third-order valence-corrected chi connectivity index (χ3v) is 3.92. The van der Waals surface area contributed by atoms with Crippen LogP contribution in [0.3, 0.4) is 0 Å². The first-order chi connectivity index (χ1) is 11.4. The van der Waals surface area contributed by atoms with Crippen molar-refractivity contribution in [2.75, 3.05) is 11.9 Å². The number of hydrogen-bond donors (Lipinski definition) is 1. The van der Waals surface area contributed by atoms with Crippen molar-refractivity contribution in [2.24, 2.45) is 4.99 Å². The Kier molecular flexibility index (Phi) is 3.56. The van der Waals surface area contributed by atoms with E-state index in [0.717, 1.165) is 35.7 Å². The molecule has 0 aliphatic carbocycles. The first kappa shape index (κ1) is 13.6. The molecule has 4 rings (SSSR count). The summed E-state index contributed by atoms with van der Waals surface area (Å²) in [5.41, 5.74) is 5.45. The molecule has 0 bridgehead atoms. The zero-order chi connectivity index (χ0) is 15.5. The summed E-state index contributed by atoms with van der Waals surface area (Å²) >= 11 is 0. The Morgan fingerprint density at radius 2 is 1.74 bits per heavy atom. The molecule has 0 spiro atoms. The van der Waals surface area contributed by atoms with Crippen LogP contribution in [0.4, 0.5) is 11.5 Å². The molecule has 2 aromatic carbocycles. The van der Waals surface area contributed by atoms with Gasteiger partial charge in [0.15, 0.2) is 0 Å². The topological polar surface area (TPSA) is 50.2 Å². The van der Waals surface area contributed by atoms with Crippen molar-refractivity contribution in [3.05, 3.63) is 72.2 Å². The van der Waals surface area contributed by atoms with Crippen LogP contribution in [0.5, 0.6) is 0 Å². The SMILES string of the molecule is C1=NCCc2c1ncnc2Nc1cccc(-c2ccccc2)c1. The van der Waals surface area contributed by atoms with Gasteiger partial charge < -0.3 is 5.32 Å². The molecular weight excluding hydrogens is 284 g/mol. The van der Waals surface area contributed by atoms with Crippen LogP contribution in [0, 0.1) is 0 Å². The normalized spacial score (nSPS) is 12.7. The Morgan fingerprint density at radius 3 is 2.65 bits per heavy atom. The summed E-state index contributed by atoms with van der Waals surface area (Å²) in [5, 5.41) is 3.43. The van der Waals surface area contributed by atoms with E-state index in [0.29, 0.717) is 0 Å². The van der Waals surface area contributed by atoms with Gasteiger partial charge in [0, 0.05) is 24.0 Å². The molecular formula is C19H16N4. The van der Waals surface area contributed by atoms with Crippen LogP contribution in [0.2, 0.25) is 0 Å². The van der Waals surface area contributed by atoms with Crippen molar-refractivity contribution in [2.45, 2.75) is 6.42 Å². The summed E-state index contributed by atoms with van der Waals surface area (Å²) in [6.45, 7) is 0.791. The predicted molar refractivity (Wildman–Crippen MR) is 93.4 cm³/mol. The maximum Gasteiger partial charge on any atom is 0.137 e. The number of fused-ring (bicyclic) bond motifs is 1. The maximum absolute atomic E-state index is 4.41. The molecule has 0 radical (unpaired) electrons. The molecule has 23 heavy (non-hydrogen) atoms. The van der Waals surface area contributed by atoms with Crippen molar-refractivity contribution in [3.63, 3.8) is 0 Å².